The molecule has 1 fully saturated rings. The molecular weight excluding hydrogens is 264 g/mol. The first-order chi connectivity index (χ1) is 9.94. The molecule has 0 spiro atoms. The third-order valence-electron chi connectivity index (χ3n) is 4.26. The zero-order valence-electron chi connectivity index (χ0n) is 13.1. The van der Waals surface area contributed by atoms with Gasteiger partial charge in [-0.1, -0.05) is 6.07 Å². The van der Waals surface area contributed by atoms with Crippen LogP contribution in [0.25, 0.3) is 0 Å². The van der Waals surface area contributed by atoms with E-state index in [1.165, 1.54) is 18.4 Å². The number of fused-ring (bicyclic) bond motifs is 1. The molecular formula is C17H24N2O2. The van der Waals surface area contributed by atoms with Crippen LogP contribution in [-0.4, -0.2) is 30.6 Å². The number of benzene rings is 1. The van der Waals surface area contributed by atoms with Crippen molar-refractivity contribution in [1.82, 2.24) is 5.32 Å². The van der Waals surface area contributed by atoms with E-state index < -0.39 is 0 Å². The van der Waals surface area contributed by atoms with Gasteiger partial charge < -0.3 is 15.0 Å². The van der Waals surface area contributed by atoms with Crippen molar-refractivity contribution in [3.63, 3.8) is 0 Å². The minimum absolute atomic E-state index is 0.0729. The summed E-state index contributed by atoms with van der Waals surface area (Å²) in [6.07, 6.45) is 3.51. The van der Waals surface area contributed by atoms with Crippen LogP contribution in [0.3, 0.4) is 0 Å². The van der Waals surface area contributed by atoms with Crippen LogP contribution in [0.2, 0.25) is 0 Å². The van der Waals surface area contributed by atoms with Crippen molar-refractivity contribution in [1.29, 1.82) is 0 Å². The number of rotatable bonds is 2. The van der Waals surface area contributed by atoms with Crippen molar-refractivity contribution in [2.75, 3.05) is 18.0 Å². The van der Waals surface area contributed by atoms with Crippen molar-refractivity contribution >= 4 is 11.6 Å². The van der Waals surface area contributed by atoms with E-state index in [-0.39, 0.29) is 11.5 Å². The summed E-state index contributed by atoms with van der Waals surface area (Å²) >= 11 is 0. The predicted molar refractivity (Wildman–Crippen MR) is 83.9 cm³/mol. The maximum atomic E-state index is 12.0. The summed E-state index contributed by atoms with van der Waals surface area (Å²) in [6.45, 7) is 7.37. The second kappa shape index (κ2) is 5.34. The lowest BCUT2D eigenvalue weighted by molar-refractivity contribution is -0.117. The molecule has 3 rings (SSSR count). The van der Waals surface area contributed by atoms with E-state index in [1.54, 1.807) is 6.92 Å². The molecule has 1 saturated heterocycles. The summed E-state index contributed by atoms with van der Waals surface area (Å²) < 4.78 is 6.02. The van der Waals surface area contributed by atoms with Crippen molar-refractivity contribution < 1.29 is 9.53 Å². The normalized spacial score (nSPS) is 23.6. The van der Waals surface area contributed by atoms with E-state index in [9.17, 15) is 4.79 Å². The molecule has 0 bridgehead atoms. The third kappa shape index (κ3) is 3.05. The molecule has 2 aliphatic rings. The lowest BCUT2D eigenvalue weighted by atomic mass is 10.0. The Hall–Kier alpha value is -1.55. The largest absolute Gasteiger partial charge is 0.484 e. The van der Waals surface area contributed by atoms with Gasteiger partial charge in [-0.25, -0.2) is 0 Å². The Balaban J connectivity index is 1.88. The minimum Gasteiger partial charge on any atom is -0.484 e. The van der Waals surface area contributed by atoms with Crippen LogP contribution in [-0.2, 0) is 11.2 Å². The minimum atomic E-state index is -0.340. The molecule has 1 atom stereocenters. The summed E-state index contributed by atoms with van der Waals surface area (Å²) in [6, 6.07) is 6.82. The Labute approximate surface area is 126 Å². The van der Waals surface area contributed by atoms with Gasteiger partial charge in [-0.3, -0.25) is 4.79 Å². The molecule has 1 unspecified atom stereocenters. The van der Waals surface area contributed by atoms with Crippen LogP contribution in [0.15, 0.2) is 18.2 Å². The van der Waals surface area contributed by atoms with Gasteiger partial charge in [0.2, 0.25) is 5.91 Å². The first kappa shape index (κ1) is 14.4. The molecule has 2 heterocycles. The Morgan fingerprint density at radius 3 is 2.95 bits per heavy atom. The van der Waals surface area contributed by atoms with E-state index in [0.717, 1.165) is 24.4 Å². The molecule has 0 saturated carbocycles. The fraction of sp³-hybridized carbons (Fsp3) is 0.588. The number of hydrogen-bond donors (Lipinski definition) is 1. The molecule has 1 aromatic rings. The molecule has 0 aromatic heterocycles. The number of amides is 1. The zero-order valence-corrected chi connectivity index (χ0v) is 13.1. The number of anilines is 1. The molecule has 2 aliphatic heterocycles. The second-order valence-corrected chi connectivity index (χ2v) is 6.77. The van der Waals surface area contributed by atoms with Crippen molar-refractivity contribution in [2.45, 2.75) is 51.7 Å². The number of ether oxygens (including phenoxy) is 1. The molecule has 114 valence electrons. The zero-order chi connectivity index (χ0) is 15.0. The standard InChI is InChI=1S/C17H24N2O2/c1-12(20)19-11-17(2,3)21-16-7-6-13(10-15(16)19)9-14-5-4-8-18-14/h6-7,10,14,18H,4-5,8-9,11H2,1-3H3. The molecule has 4 heteroatoms. The maximum absolute atomic E-state index is 12.0. The topological polar surface area (TPSA) is 41.6 Å². The summed E-state index contributed by atoms with van der Waals surface area (Å²) in [5, 5.41) is 3.52. The van der Waals surface area contributed by atoms with Crippen LogP contribution in [0.1, 0.15) is 39.2 Å². The van der Waals surface area contributed by atoms with Crippen LogP contribution < -0.4 is 15.0 Å². The summed E-state index contributed by atoms with van der Waals surface area (Å²) in [5.41, 5.74) is 1.84. The van der Waals surface area contributed by atoms with E-state index in [4.69, 9.17) is 4.74 Å². The summed E-state index contributed by atoms with van der Waals surface area (Å²) in [5.74, 6) is 0.883. The second-order valence-electron chi connectivity index (χ2n) is 6.77. The van der Waals surface area contributed by atoms with E-state index >= 15 is 0 Å². The average molecular weight is 288 g/mol. The Bertz CT molecular complexity index is 548. The fourth-order valence-corrected chi connectivity index (χ4v) is 3.28. The molecule has 0 radical (unpaired) electrons. The average Bonchev–Trinajstić information content (AvgIpc) is 2.90. The summed E-state index contributed by atoms with van der Waals surface area (Å²) in [4.78, 5) is 13.8. The lowest BCUT2D eigenvalue weighted by Crippen LogP contribution is -2.48. The van der Waals surface area contributed by atoms with Crippen molar-refractivity contribution in [2.24, 2.45) is 0 Å². The van der Waals surface area contributed by atoms with E-state index in [1.807, 2.05) is 24.8 Å². The van der Waals surface area contributed by atoms with Crippen molar-refractivity contribution in [3.8, 4) is 5.75 Å². The highest BCUT2D eigenvalue weighted by Crippen LogP contribution is 2.38. The van der Waals surface area contributed by atoms with Crippen molar-refractivity contribution in [3.05, 3.63) is 23.8 Å². The molecule has 1 aromatic carbocycles. The number of nitrogens with zero attached hydrogens (tertiary/aromatic N) is 1. The quantitative estimate of drug-likeness (QED) is 0.909. The Kier molecular flexibility index (Phi) is 3.66. The molecule has 21 heavy (non-hydrogen) atoms. The van der Waals surface area contributed by atoms with Crippen LogP contribution >= 0.6 is 0 Å². The number of carbonyl (C=O) groups is 1. The van der Waals surface area contributed by atoms with Gasteiger partial charge in [0, 0.05) is 13.0 Å². The monoisotopic (exact) mass is 288 g/mol. The Morgan fingerprint density at radius 2 is 2.29 bits per heavy atom. The van der Waals surface area contributed by atoms with E-state index in [0.29, 0.717) is 12.6 Å². The molecule has 1 N–H and O–H groups in total. The molecule has 1 amide bonds. The van der Waals surface area contributed by atoms with Gasteiger partial charge in [-0.15, -0.1) is 0 Å². The van der Waals surface area contributed by atoms with Gasteiger partial charge >= 0.3 is 0 Å². The highest BCUT2D eigenvalue weighted by molar-refractivity contribution is 5.94. The van der Waals surface area contributed by atoms with Gasteiger partial charge in [0.05, 0.1) is 12.2 Å². The third-order valence-corrected chi connectivity index (χ3v) is 4.26. The lowest BCUT2D eigenvalue weighted by Gasteiger charge is -2.39. The van der Waals surface area contributed by atoms with Crippen LogP contribution in [0.5, 0.6) is 5.75 Å². The highest BCUT2D eigenvalue weighted by Gasteiger charge is 2.33. The summed E-state index contributed by atoms with van der Waals surface area (Å²) in [7, 11) is 0. The highest BCUT2D eigenvalue weighted by atomic mass is 16.5. The maximum Gasteiger partial charge on any atom is 0.224 e. The molecule has 4 nitrogen and oxygen atoms in total. The first-order valence-electron chi connectivity index (χ1n) is 7.78. The first-order valence-corrected chi connectivity index (χ1v) is 7.78. The predicted octanol–water partition coefficient (Wildman–Crippen LogP) is 2.50. The number of nitrogens with one attached hydrogen (secondary N) is 1. The number of carbonyl (C=O) groups excluding carboxylic acids is 1. The molecule has 0 aliphatic carbocycles. The van der Waals surface area contributed by atoms with Crippen LogP contribution in [0.4, 0.5) is 5.69 Å². The smallest absolute Gasteiger partial charge is 0.224 e. The van der Waals surface area contributed by atoms with Crippen LogP contribution in [0, 0.1) is 0 Å². The fourth-order valence-electron chi connectivity index (χ4n) is 3.28. The van der Waals surface area contributed by atoms with E-state index in [2.05, 4.69) is 17.4 Å². The van der Waals surface area contributed by atoms with Gasteiger partial charge in [0.25, 0.3) is 0 Å². The van der Waals surface area contributed by atoms with Gasteiger partial charge in [-0.05, 0) is 57.4 Å². The van der Waals surface area contributed by atoms with Gasteiger partial charge in [0.15, 0.2) is 0 Å². The van der Waals surface area contributed by atoms with Gasteiger partial charge in [-0.2, -0.15) is 0 Å². The number of hydrogen-bond acceptors (Lipinski definition) is 3. The van der Waals surface area contributed by atoms with Gasteiger partial charge in [0.1, 0.15) is 11.4 Å². The Morgan fingerprint density at radius 1 is 1.48 bits per heavy atom. The SMILES string of the molecule is CC(=O)N1CC(C)(C)Oc2ccc(CC3CCCN3)cc21.